The summed E-state index contributed by atoms with van der Waals surface area (Å²) in [6, 6.07) is 7.79. The SMILES string of the molecule is CCN1C(=O)/C(=C/c2c(F)cccc2Cl)SC1=Nc1cccnc1Cl. The number of amides is 1. The van der Waals surface area contributed by atoms with Crippen LogP contribution in [0.4, 0.5) is 10.1 Å². The van der Waals surface area contributed by atoms with Gasteiger partial charge in [-0.1, -0.05) is 29.3 Å². The number of pyridine rings is 1. The first kappa shape index (κ1) is 17.9. The van der Waals surface area contributed by atoms with Crippen LogP contribution in [0.5, 0.6) is 0 Å². The Labute approximate surface area is 158 Å². The number of halogens is 3. The average Bonchev–Trinajstić information content (AvgIpc) is 2.88. The Hall–Kier alpha value is -1.89. The number of aliphatic imine (C=N–C) groups is 1. The van der Waals surface area contributed by atoms with Crippen LogP contribution in [0.15, 0.2) is 46.4 Å². The lowest BCUT2D eigenvalue weighted by Crippen LogP contribution is -2.28. The number of nitrogens with zero attached hydrogens (tertiary/aromatic N) is 3. The zero-order valence-electron chi connectivity index (χ0n) is 13.0. The fourth-order valence-electron chi connectivity index (χ4n) is 2.21. The minimum atomic E-state index is -0.489. The molecule has 1 aromatic heterocycles. The van der Waals surface area contributed by atoms with Crippen LogP contribution < -0.4 is 0 Å². The first-order valence-corrected chi connectivity index (χ1v) is 8.93. The molecule has 0 saturated carbocycles. The molecule has 0 bridgehead atoms. The van der Waals surface area contributed by atoms with Crippen LogP contribution in [0, 0.1) is 5.82 Å². The number of hydrogen-bond donors (Lipinski definition) is 0. The quantitative estimate of drug-likeness (QED) is 0.532. The molecule has 1 aliphatic heterocycles. The lowest BCUT2D eigenvalue weighted by molar-refractivity contribution is -0.122. The summed E-state index contributed by atoms with van der Waals surface area (Å²) in [5, 5.41) is 0.944. The smallest absolute Gasteiger partial charge is 0.266 e. The molecule has 3 rings (SSSR count). The highest BCUT2D eigenvalue weighted by Crippen LogP contribution is 2.36. The van der Waals surface area contributed by atoms with E-state index in [0.29, 0.717) is 22.3 Å². The van der Waals surface area contributed by atoms with Crippen molar-refractivity contribution in [3.05, 3.63) is 63.0 Å². The third kappa shape index (κ3) is 3.71. The van der Waals surface area contributed by atoms with Gasteiger partial charge in [-0.05, 0) is 49.0 Å². The second-order valence-corrected chi connectivity index (χ2v) is 6.78. The molecule has 128 valence electrons. The van der Waals surface area contributed by atoms with Gasteiger partial charge in [0, 0.05) is 18.3 Å². The summed E-state index contributed by atoms with van der Waals surface area (Å²) < 4.78 is 14.0. The molecule has 2 heterocycles. The highest BCUT2D eigenvalue weighted by Gasteiger charge is 2.32. The lowest BCUT2D eigenvalue weighted by atomic mass is 10.2. The number of amidine groups is 1. The van der Waals surface area contributed by atoms with Crippen molar-refractivity contribution < 1.29 is 9.18 Å². The summed E-state index contributed by atoms with van der Waals surface area (Å²) in [5.41, 5.74) is 0.639. The molecule has 0 spiro atoms. The number of thioether (sulfide) groups is 1. The number of rotatable bonds is 3. The first-order chi connectivity index (χ1) is 12.0. The van der Waals surface area contributed by atoms with Crippen LogP contribution in [0.2, 0.25) is 10.2 Å². The van der Waals surface area contributed by atoms with Crippen molar-refractivity contribution >= 4 is 57.8 Å². The predicted octanol–water partition coefficient (Wildman–Crippen LogP) is 5.15. The van der Waals surface area contributed by atoms with E-state index in [4.69, 9.17) is 23.2 Å². The number of carbonyl (C=O) groups is 1. The number of aromatic nitrogens is 1. The normalized spacial score (nSPS) is 17.8. The number of carbonyl (C=O) groups excluding carboxylic acids is 1. The molecule has 4 nitrogen and oxygen atoms in total. The molecule has 1 aliphatic rings. The monoisotopic (exact) mass is 395 g/mol. The van der Waals surface area contributed by atoms with E-state index in [2.05, 4.69) is 9.98 Å². The van der Waals surface area contributed by atoms with Gasteiger partial charge in [-0.15, -0.1) is 0 Å². The largest absolute Gasteiger partial charge is 0.287 e. The summed E-state index contributed by atoms with van der Waals surface area (Å²) >= 11 is 13.2. The van der Waals surface area contributed by atoms with Crippen LogP contribution in [-0.4, -0.2) is 27.5 Å². The van der Waals surface area contributed by atoms with Gasteiger partial charge in [0.15, 0.2) is 10.3 Å². The van der Waals surface area contributed by atoms with Crippen molar-refractivity contribution in [3.8, 4) is 0 Å². The molecule has 0 unspecified atom stereocenters. The van der Waals surface area contributed by atoms with Crippen molar-refractivity contribution in [2.45, 2.75) is 6.92 Å². The van der Waals surface area contributed by atoms with Gasteiger partial charge in [0.2, 0.25) is 0 Å². The Bertz CT molecular complexity index is 881. The molecule has 0 radical (unpaired) electrons. The van der Waals surface area contributed by atoms with Gasteiger partial charge in [0.25, 0.3) is 5.91 Å². The summed E-state index contributed by atoms with van der Waals surface area (Å²) in [5.74, 6) is -0.747. The zero-order chi connectivity index (χ0) is 18.0. The molecular formula is C17H12Cl2FN3OS. The highest BCUT2D eigenvalue weighted by molar-refractivity contribution is 8.18. The van der Waals surface area contributed by atoms with E-state index in [1.165, 1.54) is 23.1 Å². The van der Waals surface area contributed by atoms with E-state index in [1.807, 2.05) is 6.92 Å². The van der Waals surface area contributed by atoms with Crippen LogP contribution in [0.3, 0.4) is 0 Å². The minimum absolute atomic E-state index is 0.178. The highest BCUT2D eigenvalue weighted by atomic mass is 35.5. The van der Waals surface area contributed by atoms with E-state index >= 15 is 0 Å². The fraction of sp³-hybridized carbons (Fsp3) is 0.118. The third-order valence-electron chi connectivity index (χ3n) is 3.43. The van der Waals surface area contributed by atoms with Crippen LogP contribution in [-0.2, 0) is 4.79 Å². The van der Waals surface area contributed by atoms with Crippen molar-refractivity contribution in [2.75, 3.05) is 6.54 Å². The maximum atomic E-state index is 14.0. The molecule has 2 aromatic rings. The maximum absolute atomic E-state index is 14.0. The molecule has 0 N–H and O–H groups in total. The van der Waals surface area contributed by atoms with Crippen LogP contribution in [0.1, 0.15) is 12.5 Å². The van der Waals surface area contributed by atoms with Gasteiger partial charge in [-0.3, -0.25) is 9.69 Å². The Balaban J connectivity index is 2.01. The molecule has 1 amide bonds. The predicted molar refractivity (Wildman–Crippen MR) is 101 cm³/mol. The van der Waals surface area contributed by atoms with Crippen LogP contribution in [0.25, 0.3) is 6.08 Å². The maximum Gasteiger partial charge on any atom is 0.266 e. The van der Waals surface area contributed by atoms with Crippen molar-refractivity contribution in [1.82, 2.24) is 9.88 Å². The van der Waals surface area contributed by atoms with Crippen molar-refractivity contribution in [3.63, 3.8) is 0 Å². The molecule has 0 atom stereocenters. The molecule has 1 saturated heterocycles. The Kier molecular flexibility index (Phi) is 5.42. The van der Waals surface area contributed by atoms with Gasteiger partial charge < -0.3 is 0 Å². The summed E-state index contributed by atoms with van der Waals surface area (Å²) in [7, 11) is 0. The first-order valence-electron chi connectivity index (χ1n) is 7.36. The molecule has 0 aliphatic carbocycles. The second kappa shape index (κ2) is 7.56. The average molecular weight is 396 g/mol. The van der Waals surface area contributed by atoms with Gasteiger partial charge in [0.1, 0.15) is 11.5 Å². The minimum Gasteiger partial charge on any atom is -0.287 e. The lowest BCUT2D eigenvalue weighted by Gasteiger charge is -2.12. The van der Waals surface area contributed by atoms with E-state index in [0.717, 1.165) is 11.8 Å². The van der Waals surface area contributed by atoms with Crippen molar-refractivity contribution in [1.29, 1.82) is 0 Å². The molecular weight excluding hydrogens is 384 g/mol. The summed E-state index contributed by atoms with van der Waals surface area (Å²) in [4.78, 5) is 22.8. The van der Waals surface area contributed by atoms with Crippen LogP contribution >= 0.6 is 35.0 Å². The standard InChI is InChI=1S/C17H12Cl2FN3OS/c1-2-23-16(24)14(9-10-11(18)5-3-6-12(10)20)25-17(23)22-13-7-4-8-21-15(13)19/h3-9H,2H2,1H3/b14-9-,22-17?. The van der Waals surface area contributed by atoms with E-state index in [1.54, 1.807) is 24.4 Å². The van der Waals surface area contributed by atoms with E-state index < -0.39 is 5.82 Å². The summed E-state index contributed by atoms with van der Waals surface area (Å²) in [6.07, 6.45) is 3.00. The van der Waals surface area contributed by atoms with Crippen molar-refractivity contribution in [2.24, 2.45) is 4.99 Å². The fourth-order valence-corrected chi connectivity index (χ4v) is 3.63. The molecule has 1 fully saturated rings. The number of likely N-dealkylation sites (N-methyl/N-ethyl adjacent to an activating group) is 1. The Morgan fingerprint density at radius 1 is 1.32 bits per heavy atom. The van der Waals surface area contributed by atoms with Gasteiger partial charge >= 0.3 is 0 Å². The van der Waals surface area contributed by atoms with Gasteiger partial charge in [-0.25, -0.2) is 14.4 Å². The summed E-state index contributed by atoms with van der Waals surface area (Å²) in [6.45, 7) is 2.25. The Morgan fingerprint density at radius 2 is 2.12 bits per heavy atom. The second-order valence-electron chi connectivity index (χ2n) is 5.00. The van der Waals surface area contributed by atoms with E-state index in [-0.39, 0.29) is 21.6 Å². The third-order valence-corrected chi connectivity index (χ3v) is 5.06. The zero-order valence-corrected chi connectivity index (χ0v) is 15.4. The van der Waals surface area contributed by atoms with E-state index in [9.17, 15) is 9.18 Å². The topological polar surface area (TPSA) is 45.6 Å². The Morgan fingerprint density at radius 3 is 2.80 bits per heavy atom. The van der Waals surface area contributed by atoms with Gasteiger partial charge in [0.05, 0.1) is 9.93 Å². The molecule has 25 heavy (non-hydrogen) atoms. The molecule has 1 aromatic carbocycles. The number of benzene rings is 1. The molecule has 8 heteroatoms. The number of hydrogen-bond acceptors (Lipinski definition) is 4. The van der Waals surface area contributed by atoms with Gasteiger partial charge in [-0.2, -0.15) is 0 Å².